The Morgan fingerprint density at radius 1 is 1.24 bits per heavy atom. The zero-order chi connectivity index (χ0) is 14.9. The van der Waals surface area contributed by atoms with Crippen LogP contribution in [-0.4, -0.2) is 30.7 Å². The fourth-order valence-corrected chi connectivity index (χ4v) is 2.80. The molecule has 21 heavy (non-hydrogen) atoms. The number of piperidine rings is 1. The molecule has 1 aliphatic heterocycles. The molecule has 2 aliphatic rings. The largest absolute Gasteiger partial charge is 0.417 e. The van der Waals surface area contributed by atoms with E-state index in [0.29, 0.717) is 17.8 Å². The highest BCUT2D eigenvalue weighted by atomic mass is 19.4. The molecule has 1 N–H and O–H groups in total. The Hall–Kier alpha value is -1.30. The van der Waals surface area contributed by atoms with Gasteiger partial charge in [0.25, 0.3) is 0 Å². The Balaban J connectivity index is 1.59. The van der Waals surface area contributed by atoms with E-state index in [1.165, 1.54) is 25.3 Å². The Kier molecular flexibility index (Phi) is 4.06. The lowest BCUT2D eigenvalue weighted by molar-refractivity contribution is -0.137. The van der Waals surface area contributed by atoms with Crippen LogP contribution in [0, 0.1) is 5.92 Å². The molecule has 1 aromatic rings. The topological polar surface area (TPSA) is 28.2 Å². The van der Waals surface area contributed by atoms with Gasteiger partial charge in [-0.15, -0.1) is 0 Å². The zero-order valence-electron chi connectivity index (χ0n) is 11.9. The number of anilines is 1. The fourth-order valence-electron chi connectivity index (χ4n) is 2.80. The molecule has 1 aromatic heterocycles. The third-order valence-corrected chi connectivity index (χ3v) is 4.19. The number of hydrogen-bond acceptors (Lipinski definition) is 3. The SMILES string of the molecule is FC(F)(F)c1ccc(N2CCCC(CNC3CC3)C2)nc1. The first-order valence-electron chi connectivity index (χ1n) is 7.54. The molecule has 0 aromatic carbocycles. The van der Waals surface area contributed by atoms with E-state index in [1.807, 2.05) is 0 Å². The Bertz CT molecular complexity index is 468. The van der Waals surface area contributed by atoms with E-state index in [1.54, 1.807) is 0 Å². The Morgan fingerprint density at radius 3 is 2.67 bits per heavy atom. The van der Waals surface area contributed by atoms with E-state index in [4.69, 9.17) is 0 Å². The highest BCUT2D eigenvalue weighted by Gasteiger charge is 2.31. The first kappa shape index (κ1) is 14.6. The van der Waals surface area contributed by atoms with Crippen molar-refractivity contribution in [1.29, 1.82) is 0 Å². The van der Waals surface area contributed by atoms with Crippen molar-refractivity contribution in [2.45, 2.75) is 37.9 Å². The second-order valence-corrected chi connectivity index (χ2v) is 6.04. The van der Waals surface area contributed by atoms with Crippen molar-refractivity contribution >= 4 is 5.82 Å². The Morgan fingerprint density at radius 2 is 2.05 bits per heavy atom. The molecule has 116 valence electrons. The van der Waals surface area contributed by atoms with Crippen LogP contribution in [0.4, 0.5) is 19.0 Å². The lowest BCUT2D eigenvalue weighted by atomic mass is 9.98. The van der Waals surface area contributed by atoms with Gasteiger partial charge in [-0.25, -0.2) is 4.98 Å². The normalized spacial score (nSPS) is 23.4. The molecule has 0 bridgehead atoms. The summed E-state index contributed by atoms with van der Waals surface area (Å²) >= 11 is 0. The number of nitrogens with one attached hydrogen (secondary N) is 1. The lowest BCUT2D eigenvalue weighted by Gasteiger charge is -2.33. The van der Waals surface area contributed by atoms with Gasteiger partial charge >= 0.3 is 6.18 Å². The maximum absolute atomic E-state index is 12.5. The fraction of sp³-hybridized carbons (Fsp3) is 0.667. The average molecular weight is 299 g/mol. The highest BCUT2D eigenvalue weighted by molar-refractivity contribution is 5.40. The summed E-state index contributed by atoms with van der Waals surface area (Å²) in [7, 11) is 0. The minimum absolute atomic E-state index is 0.559. The van der Waals surface area contributed by atoms with E-state index in [2.05, 4.69) is 15.2 Å². The van der Waals surface area contributed by atoms with Gasteiger partial charge in [0.15, 0.2) is 0 Å². The molecule has 1 unspecified atom stereocenters. The van der Waals surface area contributed by atoms with Crippen LogP contribution in [0.3, 0.4) is 0 Å². The van der Waals surface area contributed by atoms with Gasteiger partial charge in [0.05, 0.1) is 5.56 Å². The van der Waals surface area contributed by atoms with Crippen molar-refractivity contribution in [1.82, 2.24) is 10.3 Å². The summed E-state index contributed by atoms with van der Waals surface area (Å²) in [6.07, 6.45) is 1.41. The van der Waals surface area contributed by atoms with Crippen LogP contribution >= 0.6 is 0 Å². The van der Waals surface area contributed by atoms with Gasteiger partial charge in [-0.2, -0.15) is 13.2 Å². The number of rotatable bonds is 4. The molecular weight excluding hydrogens is 279 g/mol. The first-order chi connectivity index (χ1) is 10.0. The third-order valence-electron chi connectivity index (χ3n) is 4.19. The predicted molar refractivity (Wildman–Crippen MR) is 75.2 cm³/mol. The molecule has 3 nitrogen and oxygen atoms in total. The second kappa shape index (κ2) is 5.83. The Labute approximate surface area is 122 Å². The van der Waals surface area contributed by atoms with Gasteiger partial charge in [-0.3, -0.25) is 0 Å². The number of aromatic nitrogens is 1. The van der Waals surface area contributed by atoms with Crippen LogP contribution in [-0.2, 0) is 6.18 Å². The van der Waals surface area contributed by atoms with Crippen molar-refractivity contribution in [3.8, 4) is 0 Å². The number of nitrogens with zero attached hydrogens (tertiary/aromatic N) is 2. The quantitative estimate of drug-likeness (QED) is 0.926. The summed E-state index contributed by atoms with van der Waals surface area (Å²) in [5, 5.41) is 3.53. The van der Waals surface area contributed by atoms with Gasteiger partial charge in [-0.1, -0.05) is 0 Å². The lowest BCUT2D eigenvalue weighted by Crippen LogP contribution is -2.40. The molecule has 1 atom stereocenters. The molecule has 1 saturated heterocycles. The van der Waals surface area contributed by atoms with Crippen molar-refractivity contribution in [3.63, 3.8) is 0 Å². The third kappa shape index (κ3) is 3.87. The molecule has 2 heterocycles. The monoisotopic (exact) mass is 299 g/mol. The van der Waals surface area contributed by atoms with Crippen LogP contribution in [0.1, 0.15) is 31.2 Å². The van der Waals surface area contributed by atoms with E-state index < -0.39 is 11.7 Å². The van der Waals surface area contributed by atoms with E-state index >= 15 is 0 Å². The van der Waals surface area contributed by atoms with Crippen molar-refractivity contribution < 1.29 is 13.2 Å². The number of alkyl halides is 3. The molecule has 6 heteroatoms. The van der Waals surface area contributed by atoms with Crippen LogP contribution in [0.2, 0.25) is 0 Å². The maximum Gasteiger partial charge on any atom is 0.417 e. The molecule has 1 aliphatic carbocycles. The van der Waals surface area contributed by atoms with Crippen molar-refractivity contribution in [3.05, 3.63) is 23.9 Å². The summed E-state index contributed by atoms with van der Waals surface area (Å²) in [4.78, 5) is 6.10. The van der Waals surface area contributed by atoms with Crippen molar-refractivity contribution in [2.75, 3.05) is 24.5 Å². The molecular formula is C15H20F3N3. The van der Waals surface area contributed by atoms with Gasteiger partial charge in [0.1, 0.15) is 5.82 Å². The van der Waals surface area contributed by atoms with Crippen molar-refractivity contribution in [2.24, 2.45) is 5.92 Å². The van der Waals surface area contributed by atoms with Gasteiger partial charge in [0, 0.05) is 25.3 Å². The number of halogens is 3. The van der Waals surface area contributed by atoms with E-state index in [9.17, 15) is 13.2 Å². The minimum atomic E-state index is -4.32. The molecule has 3 rings (SSSR count). The smallest absolute Gasteiger partial charge is 0.356 e. The predicted octanol–water partition coefficient (Wildman–Crippen LogP) is 3.07. The van der Waals surface area contributed by atoms with Crippen LogP contribution in [0.25, 0.3) is 0 Å². The summed E-state index contributed by atoms with van der Waals surface area (Å²) in [5.74, 6) is 1.21. The summed E-state index contributed by atoms with van der Waals surface area (Å²) in [5.41, 5.74) is -0.685. The molecule has 0 radical (unpaired) electrons. The molecule has 0 spiro atoms. The van der Waals surface area contributed by atoms with Crippen LogP contribution < -0.4 is 10.2 Å². The van der Waals surface area contributed by atoms with Gasteiger partial charge in [-0.05, 0) is 50.3 Å². The van der Waals surface area contributed by atoms with E-state index in [0.717, 1.165) is 38.3 Å². The highest BCUT2D eigenvalue weighted by Crippen LogP contribution is 2.30. The standard InChI is InChI=1S/C15H20F3N3/c16-15(17,18)12-3-6-14(20-9-12)21-7-1-2-11(10-21)8-19-13-4-5-13/h3,6,9,11,13,19H,1-2,4-5,7-8,10H2. The minimum Gasteiger partial charge on any atom is -0.356 e. The molecule has 1 saturated carbocycles. The molecule has 2 fully saturated rings. The van der Waals surface area contributed by atoms with Gasteiger partial charge < -0.3 is 10.2 Å². The van der Waals surface area contributed by atoms with E-state index in [-0.39, 0.29) is 0 Å². The molecule has 0 amide bonds. The number of pyridine rings is 1. The van der Waals surface area contributed by atoms with Gasteiger partial charge in [0.2, 0.25) is 0 Å². The second-order valence-electron chi connectivity index (χ2n) is 6.04. The van der Waals surface area contributed by atoms with Crippen LogP contribution in [0.15, 0.2) is 18.3 Å². The zero-order valence-corrected chi connectivity index (χ0v) is 11.9. The number of hydrogen-bond donors (Lipinski definition) is 1. The average Bonchev–Trinajstić information content (AvgIpc) is 3.29. The van der Waals surface area contributed by atoms with Crippen LogP contribution in [0.5, 0.6) is 0 Å². The summed E-state index contributed by atoms with van der Waals surface area (Å²) in [6.45, 7) is 2.75. The summed E-state index contributed by atoms with van der Waals surface area (Å²) < 4.78 is 37.6. The maximum atomic E-state index is 12.5. The first-order valence-corrected chi connectivity index (χ1v) is 7.54. The summed E-state index contributed by atoms with van der Waals surface area (Å²) in [6, 6.07) is 3.30.